The van der Waals surface area contributed by atoms with E-state index in [1.54, 1.807) is 24.5 Å². The van der Waals surface area contributed by atoms with Crippen LogP contribution in [0.1, 0.15) is 41.9 Å². The lowest BCUT2D eigenvalue weighted by atomic mass is 9.87. The predicted octanol–water partition coefficient (Wildman–Crippen LogP) is 4.25. The number of halogens is 1. The van der Waals surface area contributed by atoms with E-state index in [9.17, 15) is 4.39 Å². The van der Waals surface area contributed by atoms with Crippen LogP contribution < -0.4 is 5.73 Å². The van der Waals surface area contributed by atoms with Crippen molar-refractivity contribution < 1.29 is 4.39 Å². The molecule has 0 saturated heterocycles. The number of pyridine rings is 1. The fraction of sp³-hybridized carbons (Fsp3) is 0.300. The maximum atomic E-state index is 13.8. The number of anilines is 1. The SMILES string of the molecule is Nc1ncc(-c2cn[nH]c2)cc1CC1CCCCc2ccc(F)cc21. The quantitative estimate of drug-likeness (QED) is 0.703. The average Bonchev–Trinajstić information content (AvgIpc) is 3.08. The Bertz CT molecular complexity index is 873. The molecule has 1 aliphatic carbocycles. The summed E-state index contributed by atoms with van der Waals surface area (Å²) in [6.07, 6.45) is 10.5. The molecule has 1 atom stereocenters. The Kier molecular flexibility index (Phi) is 4.22. The van der Waals surface area contributed by atoms with Gasteiger partial charge < -0.3 is 5.73 Å². The molecule has 2 heterocycles. The smallest absolute Gasteiger partial charge is 0.126 e. The monoisotopic (exact) mass is 336 g/mol. The molecule has 128 valence electrons. The van der Waals surface area contributed by atoms with Gasteiger partial charge in [0.05, 0.1) is 6.20 Å². The van der Waals surface area contributed by atoms with Gasteiger partial charge in [-0.25, -0.2) is 9.37 Å². The van der Waals surface area contributed by atoms with E-state index in [2.05, 4.69) is 21.2 Å². The summed E-state index contributed by atoms with van der Waals surface area (Å²) in [6.45, 7) is 0. The molecule has 0 radical (unpaired) electrons. The van der Waals surface area contributed by atoms with Crippen molar-refractivity contribution in [2.45, 2.75) is 38.0 Å². The Morgan fingerprint density at radius 1 is 1.16 bits per heavy atom. The molecule has 2 aromatic heterocycles. The summed E-state index contributed by atoms with van der Waals surface area (Å²) in [5, 5.41) is 6.81. The maximum Gasteiger partial charge on any atom is 0.126 e. The zero-order valence-electron chi connectivity index (χ0n) is 14.0. The number of H-pyrrole nitrogens is 1. The van der Waals surface area contributed by atoms with Gasteiger partial charge in [-0.15, -0.1) is 0 Å². The lowest BCUT2D eigenvalue weighted by Crippen LogP contribution is -2.08. The first-order valence-electron chi connectivity index (χ1n) is 8.72. The molecule has 3 N–H and O–H groups in total. The van der Waals surface area contributed by atoms with Crippen molar-refractivity contribution in [3.63, 3.8) is 0 Å². The second kappa shape index (κ2) is 6.67. The molecule has 1 unspecified atom stereocenters. The number of nitrogen functional groups attached to an aromatic ring is 1. The van der Waals surface area contributed by atoms with E-state index in [0.717, 1.165) is 54.4 Å². The maximum absolute atomic E-state index is 13.8. The fourth-order valence-electron chi connectivity index (χ4n) is 3.76. The highest BCUT2D eigenvalue weighted by atomic mass is 19.1. The highest BCUT2D eigenvalue weighted by Crippen LogP contribution is 2.35. The van der Waals surface area contributed by atoms with Crippen molar-refractivity contribution in [3.8, 4) is 11.1 Å². The standard InChI is InChI=1S/C20H21FN4/c21-18-6-5-13-3-1-2-4-14(19(13)9-18)7-15-8-16(10-23-20(15)22)17-11-24-25-12-17/h5-6,8-12,14H,1-4,7H2,(H2,22,23)(H,24,25). The highest BCUT2D eigenvalue weighted by molar-refractivity contribution is 5.63. The van der Waals surface area contributed by atoms with Gasteiger partial charge in [-0.1, -0.05) is 12.5 Å². The molecule has 0 saturated carbocycles. The molecular weight excluding hydrogens is 315 g/mol. The van der Waals surface area contributed by atoms with Gasteiger partial charge in [-0.2, -0.15) is 5.10 Å². The van der Waals surface area contributed by atoms with Crippen molar-refractivity contribution in [2.75, 3.05) is 5.73 Å². The van der Waals surface area contributed by atoms with E-state index in [1.165, 1.54) is 5.56 Å². The number of fused-ring (bicyclic) bond motifs is 1. The van der Waals surface area contributed by atoms with Crippen LogP contribution in [-0.2, 0) is 12.8 Å². The second-order valence-electron chi connectivity index (χ2n) is 6.75. The molecule has 0 bridgehead atoms. The summed E-state index contributed by atoms with van der Waals surface area (Å²) in [7, 11) is 0. The van der Waals surface area contributed by atoms with Crippen LogP contribution in [0.4, 0.5) is 10.2 Å². The lowest BCUT2D eigenvalue weighted by Gasteiger charge is -2.19. The minimum absolute atomic E-state index is 0.163. The zero-order chi connectivity index (χ0) is 17.2. The summed E-state index contributed by atoms with van der Waals surface area (Å²) in [5.41, 5.74) is 11.5. The van der Waals surface area contributed by atoms with Crippen molar-refractivity contribution in [1.29, 1.82) is 0 Å². The first kappa shape index (κ1) is 15.8. The molecule has 1 aromatic carbocycles. The number of rotatable bonds is 3. The van der Waals surface area contributed by atoms with E-state index >= 15 is 0 Å². The van der Waals surface area contributed by atoms with Crippen LogP contribution in [0.25, 0.3) is 11.1 Å². The Labute approximate surface area is 146 Å². The molecule has 4 nitrogen and oxygen atoms in total. The van der Waals surface area contributed by atoms with E-state index in [4.69, 9.17) is 5.73 Å². The molecule has 0 spiro atoms. The number of hydrogen-bond acceptors (Lipinski definition) is 3. The third kappa shape index (κ3) is 3.27. The minimum Gasteiger partial charge on any atom is -0.383 e. The normalized spacial score (nSPS) is 17.1. The molecule has 0 amide bonds. The van der Waals surface area contributed by atoms with Crippen LogP contribution in [0.3, 0.4) is 0 Å². The predicted molar refractivity (Wildman–Crippen MR) is 96.6 cm³/mol. The van der Waals surface area contributed by atoms with Crippen molar-refractivity contribution in [3.05, 3.63) is 65.4 Å². The Hall–Kier alpha value is -2.69. The minimum atomic E-state index is -0.163. The molecule has 3 aromatic rings. The third-order valence-corrected chi connectivity index (χ3v) is 5.10. The van der Waals surface area contributed by atoms with Crippen LogP contribution in [0.2, 0.25) is 0 Å². The van der Waals surface area contributed by atoms with Gasteiger partial charge >= 0.3 is 0 Å². The van der Waals surface area contributed by atoms with E-state index in [0.29, 0.717) is 5.82 Å². The number of nitrogens with zero attached hydrogens (tertiary/aromatic N) is 2. The molecule has 0 aliphatic heterocycles. The fourth-order valence-corrected chi connectivity index (χ4v) is 3.76. The molecule has 1 aliphatic rings. The van der Waals surface area contributed by atoms with Crippen molar-refractivity contribution in [2.24, 2.45) is 0 Å². The highest BCUT2D eigenvalue weighted by Gasteiger charge is 2.21. The van der Waals surface area contributed by atoms with Gasteiger partial charge in [0.1, 0.15) is 11.6 Å². The van der Waals surface area contributed by atoms with Crippen LogP contribution in [0.15, 0.2) is 42.9 Å². The Balaban J connectivity index is 1.68. The molecule has 25 heavy (non-hydrogen) atoms. The molecule has 4 rings (SSSR count). The summed E-state index contributed by atoms with van der Waals surface area (Å²) in [6, 6.07) is 7.29. The number of hydrogen-bond donors (Lipinski definition) is 2. The summed E-state index contributed by atoms with van der Waals surface area (Å²) < 4.78 is 13.8. The summed E-state index contributed by atoms with van der Waals surface area (Å²) in [4.78, 5) is 4.36. The first-order chi connectivity index (χ1) is 12.2. The number of nitrogens with two attached hydrogens (primary N) is 1. The largest absolute Gasteiger partial charge is 0.383 e. The van der Waals surface area contributed by atoms with Crippen molar-refractivity contribution in [1.82, 2.24) is 15.2 Å². The number of benzene rings is 1. The third-order valence-electron chi connectivity index (χ3n) is 5.10. The Morgan fingerprint density at radius 2 is 2.08 bits per heavy atom. The number of aromatic amines is 1. The van der Waals surface area contributed by atoms with Gasteiger partial charge in [-0.05, 0) is 66.5 Å². The van der Waals surface area contributed by atoms with Crippen LogP contribution in [0, 0.1) is 5.82 Å². The van der Waals surface area contributed by atoms with Crippen LogP contribution in [-0.4, -0.2) is 15.2 Å². The summed E-state index contributed by atoms with van der Waals surface area (Å²) in [5.74, 6) is 0.662. The van der Waals surface area contributed by atoms with Crippen LogP contribution in [0.5, 0.6) is 0 Å². The van der Waals surface area contributed by atoms with Gasteiger partial charge in [0.25, 0.3) is 0 Å². The second-order valence-corrected chi connectivity index (χ2v) is 6.75. The van der Waals surface area contributed by atoms with E-state index in [-0.39, 0.29) is 11.7 Å². The Morgan fingerprint density at radius 3 is 2.92 bits per heavy atom. The number of aryl methyl sites for hydroxylation is 1. The lowest BCUT2D eigenvalue weighted by molar-refractivity contribution is 0.584. The molecule has 5 heteroatoms. The molecular formula is C20H21FN4. The summed E-state index contributed by atoms with van der Waals surface area (Å²) >= 11 is 0. The van der Waals surface area contributed by atoms with E-state index in [1.807, 2.05) is 12.3 Å². The average molecular weight is 336 g/mol. The number of aromatic nitrogens is 3. The zero-order valence-corrected chi connectivity index (χ0v) is 14.0. The van der Waals surface area contributed by atoms with Gasteiger partial charge in [0.2, 0.25) is 0 Å². The first-order valence-corrected chi connectivity index (χ1v) is 8.72. The van der Waals surface area contributed by atoms with Crippen molar-refractivity contribution >= 4 is 5.82 Å². The van der Waals surface area contributed by atoms with Gasteiger partial charge in [-0.3, -0.25) is 5.10 Å². The van der Waals surface area contributed by atoms with Crippen LogP contribution >= 0.6 is 0 Å². The molecule has 0 fully saturated rings. The topological polar surface area (TPSA) is 67.6 Å². The number of nitrogens with one attached hydrogen (secondary N) is 1. The van der Waals surface area contributed by atoms with E-state index < -0.39 is 0 Å². The van der Waals surface area contributed by atoms with Gasteiger partial charge in [0, 0.05) is 23.5 Å². The van der Waals surface area contributed by atoms with Gasteiger partial charge in [0.15, 0.2) is 0 Å².